The maximum absolute atomic E-state index is 6.13. The van der Waals surface area contributed by atoms with E-state index >= 15 is 0 Å². The third kappa shape index (κ3) is 5.51. The van der Waals surface area contributed by atoms with Crippen LogP contribution in [0.2, 0.25) is 5.02 Å². The summed E-state index contributed by atoms with van der Waals surface area (Å²) in [6, 6.07) is 2.01. The molecule has 1 aromatic heterocycles. The first-order valence-corrected chi connectivity index (χ1v) is 6.57. The zero-order chi connectivity index (χ0) is 12.9. The topological polar surface area (TPSA) is 24.9 Å². The molecule has 17 heavy (non-hydrogen) atoms. The van der Waals surface area contributed by atoms with Gasteiger partial charge in [-0.2, -0.15) is 0 Å². The summed E-state index contributed by atoms with van der Waals surface area (Å²) < 4.78 is 0. The monoisotopic (exact) mass is 254 g/mol. The van der Waals surface area contributed by atoms with Crippen molar-refractivity contribution in [2.24, 2.45) is 11.3 Å². The second kappa shape index (κ2) is 6.36. The van der Waals surface area contributed by atoms with E-state index in [9.17, 15) is 0 Å². The summed E-state index contributed by atoms with van der Waals surface area (Å²) in [7, 11) is 0. The van der Waals surface area contributed by atoms with Crippen molar-refractivity contribution in [3.8, 4) is 0 Å². The second-order valence-corrected chi connectivity index (χ2v) is 6.24. The minimum atomic E-state index is 0.208. The lowest BCUT2D eigenvalue weighted by atomic mass is 9.86. The number of nitrogens with zero attached hydrogens (tertiary/aromatic N) is 1. The fraction of sp³-hybridized carbons (Fsp3) is 0.643. The van der Waals surface area contributed by atoms with Crippen molar-refractivity contribution in [3.05, 3.63) is 29.0 Å². The van der Waals surface area contributed by atoms with E-state index in [0.29, 0.717) is 5.92 Å². The molecule has 0 aliphatic rings. The zero-order valence-corrected chi connectivity index (χ0v) is 12.0. The number of nitrogens with one attached hydrogen (secondary N) is 1. The molecule has 1 aromatic rings. The van der Waals surface area contributed by atoms with Gasteiger partial charge in [-0.25, -0.2) is 0 Å². The number of hydrogen-bond acceptors (Lipinski definition) is 2. The molecule has 0 saturated heterocycles. The second-order valence-electron chi connectivity index (χ2n) is 5.83. The van der Waals surface area contributed by atoms with Gasteiger partial charge in [-0.3, -0.25) is 4.98 Å². The van der Waals surface area contributed by atoms with Crippen LogP contribution < -0.4 is 5.32 Å². The van der Waals surface area contributed by atoms with Gasteiger partial charge in [0.2, 0.25) is 0 Å². The molecule has 0 spiro atoms. The molecule has 0 aromatic carbocycles. The van der Waals surface area contributed by atoms with Crippen molar-refractivity contribution in [3.63, 3.8) is 0 Å². The van der Waals surface area contributed by atoms with Crippen molar-refractivity contribution < 1.29 is 0 Å². The van der Waals surface area contributed by atoms with Gasteiger partial charge >= 0.3 is 0 Å². The lowest BCUT2D eigenvalue weighted by molar-refractivity contribution is 0.330. The summed E-state index contributed by atoms with van der Waals surface area (Å²) >= 11 is 6.13. The molecule has 0 atom stereocenters. The van der Waals surface area contributed by atoms with E-state index in [1.54, 1.807) is 12.4 Å². The van der Waals surface area contributed by atoms with Gasteiger partial charge in [-0.1, -0.05) is 39.3 Å². The summed E-state index contributed by atoms with van der Waals surface area (Å²) in [5.74, 6) is 0.690. The minimum Gasteiger partial charge on any atom is -0.316 e. The molecular formula is C14H23ClN2. The Bertz CT molecular complexity index is 348. The molecule has 1 N–H and O–H groups in total. The van der Waals surface area contributed by atoms with Crippen molar-refractivity contribution >= 4 is 11.6 Å². The molecule has 0 saturated carbocycles. The lowest BCUT2D eigenvalue weighted by Gasteiger charge is -2.26. The third-order valence-corrected chi connectivity index (χ3v) is 3.02. The number of rotatable bonds is 6. The largest absolute Gasteiger partial charge is 0.316 e. The highest BCUT2D eigenvalue weighted by Crippen LogP contribution is 2.25. The molecule has 96 valence electrons. The smallest absolute Gasteiger partial charge is 0.0621 e. The van der Waals surface area contributed by atoms with Gasteiger partial charge < -0.3 is 5.32 Å². The zero-order valence-electron chi connectivity index (χ0n) is 11.3. The summed E-state index contributed by atoms with van der Waals surface area (Å²) in [4.78, 5) is 4.01. The van der Waals surface area contributed by atoms with Gasteiger partial charge in [0.15, 0.2) is 0 Å². The van der Waals surface area contributed by atoms with Gasteiger partial charge in [0.05, 0.1) is 5.02 Å². The normalized spacial score (nSPS) is 12.1. The van der Waals surface area contributed by atoms with Crippen LogP contribution in [-0.2, 0) is 6.42 Å². The van der Waals surface area contributed by atoms with Crippen molar-refractivity contribution in [1.82, 2.24) is 10.3 Å². The van der Waals surface area contributed by atoms with Crippen LogP contribution in [0.4, 0.5) is 0 Å². The Morgan fingerprint density at radius 3 is 2.71 bits per heavy atom. The summed E-state index contributed by atoms with van der Waals surface area (Å²) in [6.45, 7) is 11.0. The SMILES string of the molecule is CC(C)CNCC(C)(C)Cc1ccncc1Cl. The highest BCUT2D eigenvalue weighted by Gasteiger charge is 2.19. The van der Waals surface area contributed by atoms with E-state index in [0.717, 1.165) is 24.5 Å². The van der Waals surface area contributed by atoms with E-state index in [1.165, 1.54) is 5.56 Å². The van der Waals surface area contributed by atoms with E-state index in [4.69, 9.17) is 11.6 Å². The molecule has 3 heteroatoms. The Hall–Kier alpha value is -0.600. The lowest BCUT2D eigenvalue weighted by Crippen LogP contribution is -2.33. The maximum atomic E-state index is 6.13. The van der Waals surface area contributed by atoms with Crippen molar-refractivity contribution in [2.75, 3.05) is 13.1 Å². The van der Waals surface area contributed by atoms with Crippen LogP contribution >= 0.6 is 11.6 Å². The van der Waals surface area contributed by atoms with Crippen LogP contribution in [0.3, 0.4) is 0 Å². The van der Waals surface area contributed by atoms with Crippen LogP contribution in [0.1, 0.15) is 33.3 Å². The highest BCUT2D eigenvalue weighted by molar-refractivity contribution is 6.31. The maximum Gasteiger partial charge on any atom is 0.0621 e. The first-order valence-electron chi connectivity index (χ1n) is 6.20. The molecule has 1 heterocycles. The molecule has 0 aliphatic carbocycles. The molecule has 0 radical (unpaired) electrons. The first-order chi connectivity index (χ1) is 7.91. The number of halogens is 1. The Morgan fingerprint density at radius 1 is 1.41 bits per heavy atom. The average molecular weight is 255 g/mol. The van der Waals surface area contributed by atoms with Gasteiger partial charge in [-0.15, -0.1) is 0 Å². The first kappa shape index (κ1) is 14.5. The van der Waals surface area contributed by atoms with Crippen LogP contribution in [0, 0.1) is 11.3 Å². The Kier molecular flexibility index (Phi) is 5.41. The van der Waals surface area contributed by atoms with E-state index in [1.807, 2.05) is 6.07 Å². The third-order valence-electron chi connectivity index (χ3n) is 2.68. The highest BCUT2D eigenvalue weighted by atomic mass is 35.5. The molecule has 2 nitrogen and oxygen atoms in total. The number of pyridine rings is 1. The number of hydrogen-bond donors (Lipinski definition) is 1. The number of aromatic nitrogens is 1. The van der Waals surface area contributed by atoms with E-state index in [2.05, 4.69) is 38.0 Å². The molecule has 0 fully saturated rings. The predicted octanol–water partition coefficient (Wildman–Crippen LogP) is 3.55. The molecule has 0 amide bonds. The summed E-state index contributed by atoms with van der Waals surface area (Å²) in [6.07, 6.45) is 4.49. The van der Waals surface area contributed by atoms with Crippen LogP contribution in [0.5, 0.6) is 0 Å². The Morgan fingerprint density at radius 2 is 2.12 bits per heavy atom. The van der Waals surface area contributed by atoms with Crippen molar-refractivity contribution in [2.45, 2.75) is 34.1 Å². The Balaban J connectivity index is 2.51. The van der Waals surface area contributed by atoms with Crippen molar-refractivity contribution in [1.29, 1.82) is 0 Å². The molecule has 0 aliphatic heterocycles. The quantitative estimate of drug-likeness (QED) is 0.840. The van der Waals surface area contributed by atoms with Gasteiger partial charge in [0, 0.05) is 18.9 Å². The predicted molar refractivity (Wildman–Crippen MR) is 74.4 cm³/mol. The minimum absolute atomic E-state index is 0.208. The van der Waals surface area contributed by atoms with E-state index < -0.39 is 0 Å². The summed E-state index contributed by atoms with van der Waals surface area (Å²) in [5.41, 5.74) is 1.39. The van der Waals surface area contributed by atoms with Crippen LogP contribution in [-0.4, -0.2) is 18.1 Å². The molecular weight excluding hydrogens is 232 g/mol. The fourth-order valence-corrected chi connectivity index (χ4v) is 2.01. The summed E-state index contributed by atoms with van der Waals surface area (Å²) in [5, 5.41) is 4.27. The molecule has 0 unspecified atom stereocenters. The average Bonchev–Trinajstić information content (AvgIpc) is 2.20. The standard InChI is InChI=1S/C14H23ClN2/c1-11(2)8-17-10-14(3,4)7-12-5-6-16-9-13(12)15/h5-6,9,11,17H,7-8,10H2,1-4H3. The Labute approximate surface area is 110 Å². The molecule has 1 rings (SSSR count). The van der Waals surface area contributed by atoms with E-state index in [-0.39, 0.29) is 5.41 Å². The van der Waals surface area contributed by atoms with Gasteiger partial charge in [0.1, 0.15) is 0 Å². The van der Waals surface area contributed by atoms with Gasteiger partial charge in [0.25, 0.3) is 0 Å². The van der Waals surface area contributed by atoms with Crippen LogP contribution in [0.15, 0.2) is 18.5 Å². The van der Waals surface area contributed by atoms with Gasteiger partial charge in [-0.05, 0) is 35.9 Å². The van der Waals surface area contributed by atoms with Crippen LogP contribution in [0.25, 0.3) is 0 Å². The molecule has 0 bridgehead atoms. The fourth-order valence-electron chi connectivity index (χ4n) is 1.82.